The fourth-order valence-electron chi connectivity index (χ4n) is 1.46. The van der Waals surface area contributed by atoms with Gasteiger partial charge < -0.3 is 15.2 Å². The lowest BCUT2D eigenvalue weighted by Gasteiger charge is -2.22. The topological polar surface area (TPSA) is 87.6 Å². The van der Waals surface area contributed by atoms with Crippen molar-refractivity contribution >= 4 is 5.69 Å². The molecular formula is C13H20N2O4. The third-order valence-corrected chi connectivity index (χ3v) is 2.97. The third-order valence-electron chi connectivity index (χ3n) is 2.97. The van der Waals surface area contributed by atoms with Crippen LogP contribution in [0.5, 0.6) is 5.75 Å². The van der Waals surface area contributed by atoms with Crippen molar-refractivity contribution in [3.8, 4) is 5.75 Å². The molecular weight excluding hydrogens is 248 g/mol. The average molecular weight is 268 g/mol. The van der Waals surface area contributed by atoms with E-state index in [1.807, 2.05) is 13.8 Å². The van der Waals surface area contributed by atoms with Crippen LogP contribution in [-0.4, -0.2) is 24.2 Å². The zero-order valence-electron chi connectivity index (χ0n) is 11.5. The van der Waals surface area contributed by atoms with E-state index in [9.17, 15) is 10.1 Å². The Labute approximate surface area is 112 Å². The van der Waals surface area contributed by atoms with Crippen molar-refractivity contribution in [2.45, 2.75) is 32.4 Å². The van der Waals surface area contributed by atoms with Crippen LogP contribution in [0, 0.1) is 10.1 Å². The van der Waals surface area contributed by atoms with Gasteiger partial charge in [-0.3, -0.25) is 10.1 Å². The number of hydrogen-bond acceptors (Lipinski definition) is 5. The SMILES string of the molecule is COC(C)(C)CCOc1ccc(CN)cc1[N+](=O)[O-]. The van der Waals surface area contributed by atoms with Gasteiger partial charge in [-0.1, -0.05) is 6.07 Å². The summed E-state index contributed by atoms with van der Waals surface area (Å²) in [4.78, 5) is 10.5. The summed E-state index contributed by atoms with van der Waals surface area (Å²) < 4.78 is 10.7. The molecule has 1 aromatic rings. The Balaban J connectivity index is 2.75. The van der Waals surface area contributed by atoms with Gasteiger partial charge in [-0.05, 0) is 25.5 Å². The first-order chi connectivity index (χ1) is 8.89. The molecule has 106 valence electrons. The minimum atomic E-state index is -0.462. The summed E-state index contributed by atoms with van der Waals surface area (Å²) >= 11 is 0. The van der Waals surface area contributed by atoms with Crippen molar-refractivity contribution in [2.24, 2.45) is 5.73 Å². The van der Waals surface area contributed by atoms with Gasteiger partial charge in [-0.2, -0.15) is 0 Å². The van der Waals surface area contributed by atoms with Crippen LogP contribution in [0.15, 0.2) is 18.2 Å². The molecule has 1 rings (SSSR count). The molecule has 0 bridgehead atoms. The normalized spacial score (nSPS) is 11.4. The van der Waals surface area contributed by atoms with Gasteiger partial charge in [0.2, 0.25) is 0 Å². The minimum absolute atomic E-state index is 0.0572. The van der Waals surface area contributed by atoms with Crippen molar-refractivity contribution in [1.82, 2.24) is 0 Å². The summed E-state index contributed by atoms with van der Waals surface area (Å²) in [5.41, 5.74) is 5.80. The predicted molar refractivity (Wildman–Crippen MR) is 72.2 cm³/mol. The lowest BCUT2D eigenvalue weighted by molar-refractivity contribution is -0.386. The molecule has 0 aromatic heterocycles. The molecule has 0 heterocycles. The van der Waals surface area contributed by atoms with Crippen molar-refractivity contribution in [3.63, 3.8) is 0 Å². The monoisotopic (exact) mass is 268 g/mol. The van der Waals surface area contributed by atoms with E-state index in [-0.39, 0.29) is 23.6 Å². The second-order valence-corrected chi connectivity index (χ2v) is 4.83. The van der Waals surface area contributed by atoms with E-state index in [0.29, 0.717) is 18.6 Å². The minimum Gasteiger partial charge on any atom is -0.487 e. The standard InChI is InChI=1S/C13H20N2O4/c1-13(2,18-3)6-7-19-12-5-4-10(9-14)8-11(12)15(16)17/h4-5,8H,6-7,9,14H2,1-3H3. The molecule has 6 heteroatoms. The molecule has 0 unspecified atom stereocenters. The second-order valence-electron chi connectivity index (χ2n) is 4.83. The number of benzene rings is 1. The highest BCUT2D eigenvalue weighted by molar-refractivity contribution is 5.48. The second kappa shape index (κ2) is 6.49. The third kappa shape index (κ3) is 4.50. The predicted octanol–water partition coefficient (Wildman–Crippen LogP) is 2.25. The maximum absolute atomic E-state index is 11.0. The van der Waals surface area contributed by atoms with Gasteiger partial charge in [-0.15, -0.1) is 0 Å². The Kier molecular flexibility index (Phi) is 5.26. The molecule has 0 saturated heterocycles. The van der Waals surface area contributed by atoms with E-state index in [2.05, 4.69) is 0 Å². The number of methoxy groups -OCH3 is 1. The van der Waals surface area contributed by atoms with Gasteiger partial charge in [-0.25, -0.2) is 0 Å². The van der Waals surface area contributed by atoms with Crippen molar-refractivity contribution in [2.75, 3.05) is 13.7 Å². The van der Waals surface area contributed by atoms with Crippen LogP contribution in [0.4, 0.5) is 5.69 Å². The molecule has 0 spiro atoms. The highest BCUT2D eigenvalue weighted by atomic mass is 16.6. The van der Waals surface area contributed by atoms with E-state index in [1.54, 1.807) is 19.2 Å². The Bertz CT molecular complexity index is 446. The molecule has 6 nitrogen and oxygen atoms in total. The molecule has 19 heavy (non-hydrogen) atoms. The molecule has 0 aliphatic rings. The van der Waals surface area contributed by atoms with E-state index in [1.165, 1.54) is 6.07 Å². The van der Waals surface area contributed by atoms with Crippen LogP contribution in [0.1, 0.15) is 25.8 Å². The summed E-state index contributed by atoms with van der Waals surface area (Å²) in [6.07, 6.45) is 0.638. The van der Waals surface area contributed by atoms with Crippen LogP contribution in [0.25, 0.3) is 0 Å². The largest absolute Gasteiger partial charge is 0.487 e. The highest BCUT2D eigenvalue weighted by Crippen LogP contribution is 2.28. The number of rotatable bonds is 7. The average Bonchev–Trinajstić information content (AvgIpc) is 2.38. The van der Waals surface area contributed by atoms with Crippen LogP contribution in [0.3, 0.4) is 0 Å². The van der Waals surface area contributed by atoms with Gasteiger partial charge in [0.25, 0.3) is 0 Å². The quantitative estimate of drug-likeness (QED) is 0.605. The molecule has 2 N–H and O–H groups in total. The lowest BCUT2D eigenvalue weighted by atomic mass is 10.1. The summed E-state index contributed by atoms with van der Waals surface area (Å²) in [6, 6.07) is 4.75. The van der Waals surface area contributed by atoms with Gasteiger partial charge in [0.05, 0.1) is 17.1 Å². The molecule has 0 aliphatic heterocycles. The summed E-state index contributed by atoms with van der Waals surface area (Å²) in [6.45, 7) is 4.48. The number of nitro groups is 1. The van der Waals surface area contributed by atoms with Gasteiger partial charge in [0.15, 0.2) is 5.75 Å². The first-order valence-electron chi connectivity index (χ1n) is 6.05. The Morgan fingerprint density at radius 3 is 2.63 bits per heavy atom. The molecule has 0 saturated carbocycles. The van der Waals surface area contributed by atoms with E-state index >= 15 is 0 Å². The maximum Gasteiger partial charge on any atom is 0.311 e. The fourth-order valence-corrected chi connectivity index (χ4v) is 1.46. The smallest absolute Gasteiger partial charge is 0.311 e. The van der Waals surface area contributed by atoms with Crippen LogP contribution >= 0.6 is 0 Å². The number of nitro benzene ring substituents is 1. The summed E-state index contributed by atoms with van der Waals surface area (Å²) in [5, 5.41) is 11.0. The highest BCUT2D eigenvalue weighted by Gasteiger charge is 2.19. The number of nitrogens with two attached hydrogens (primary N) is 1. The van der Waals surface area contributed by atoms with Gasteiger partial charge in [0.1, 0.15) is 0 Å². The van der Waals surface area contributed by atoms with E-state index in [4.69, 9.17) is 15.2 Å². The van der Waals surface area contributed by atoms with Crippen molar-refractivity contribution in [3.05, 3.63) is 33.9 Å². The molecule has 0 amide bonds. The molecule has 0 aliphatic carbocycles. The van der Waals surface area contributed by atoms with Gasteiger partial charge >= 0.3 is 5.69 Å². The van der Waals surface area contributed by atoms with Crippen LogP contribution < -0.4 is 10.5 Å². The maximum atomic E-state index is 11.0. The first-order valence-corrected chi connectivity index (χ1v) is 6.05. The van der Waals surface area contributed by atoms with Crippen molar-refractivity contribution < 1.29 is 14.4 Å². The molecule has 0 atom stereocenters. The van der Waals surface area contributed by atoms with Crippen LogP contribution in [0.2, 0.25) is 0 Å². The fraction of sp³-hybridized carbons (Fsp3) is 0.538. The lowest BCUT2D eigenvalue weighted by Crippen LogP contribution is -2.25. The van der Waals surface area contributed by atoms with Gasteiger partial charge in [0, 0.05) is 26.1 Å². The Morgan fingerprint density at radius 1 is 1.42 bits per heavy atom. The molecule has 0 fully saturated rings. The molecule has 1 aromatic carbocycles. The Morgan fingerprint density at radius 2 is 2.11 bits per heavy atom. The van der Waals surface area contributed by atoms with Crippen molar-refractivity contribution in [1.29, 1.82) is 0 Å². The summed E-state index contributed by atoms with van der Waals surface area (Å²) in [7, 11) is 1.62. The molecule has 0 radical (unpaired) electrons. The number of ether oxygens (including phenoxy) is 2. The Hall–Kier alpha value is -1.66. The number of nitrogens with zero attached hydrogens (tertiary/aromatic N) is 1. The zero-order valence-corrected chi connectivity index (χ0v) is 11.5. The summed E-state index contributed by atoms with van der Waals surface area (Å²) in [5.74, 6) is 0.258. The van der Waals surface area contributed by atoms with Crippen LogP contribution in [-0.2, 0) is 11.3 Å². The zero-order chi connectivity index (χ0) is 14.5. The number of hydrogen-bond donors (Lipinski definition) is 1. The van der Waals surface area contributed by atoms with E-state index in [0.717, 1.165) is 0 Å². The first kappa shape index (κ1) is 15.4. The van der Waals surface area contributed by atoms with E-state index < -0.39 is 4.92 Å².